The number of rotatable bonds is 4. The van der Waals surface area contributed by atoms with Crippen LogP contribution in [0.1, 0.15) is 31.5 Å². The van der Waals surface area contributed by atoms with Crippen molar-refractivity contribution >= 4 is 15.9 Å². The third-order valence-electron chi connectivity index (χ3n) is 2.64. The monoisotopic (exact) mass is 255 g/mol. The summed E-state index contributed by atoms with van der Waals surface area (Å²) >= 11 is 3.72. The van der Waals surface area contributed by atoms with Crippen molar-refractivity contribution in [3.8, 4) is 0 Å². The first-order valence-electron chi connectivity index (χ1n) is 5.19. The molecule has 0 aliphatic carbocycles. The predicted octanol–water partition coefficient (Wildman–Crippen LogP) is 3.74. The summed E-state index contributed by atoms with van der Waals surface area (Å²) in [5.41, 5.74) is 2.40. The van der Waals surface area contributed by atoms with Crippen LogP contribution in [0.4, 0.5) is 0 Å². The molecule has 1 nitrogen and oxygen atoms in total. The van der Waals surface area contributed by atoms with Gasteiger partial charge in [-0.2, -0.15) is 0 Å². The molecular formula is C12H18BrN. The molecule has 0 aliphatic rings. The molecule has 0 aromatic carbocycles. The van der Waals surface area contributed by atoms with E-state index in [-0.39, 0.29) is 0 Å². The average Bonchev–Trinajstić information content (AvgIpc) is 2.20. The Morgan fingerprint density at radius 3 is 2.64 bits per heavy atom. The molecule has 0 spiro atoms. The van der Waals surface area contributed by atoms with Crippen LogP contribution in [-0.4, -0.2) is 9.81 Å². The first kappa shape index (κ1) is 11.7. The Bertz CT molecular complexity index is 268. The van der Waals surface area contributed by atoms with Gasteiger partial charge in [0.1, 0.15) is 0 Å². The van der Waals surface area contributed by atoms with Gasteiger partial charge >= 0.3 is 0 Å². The first-order valence-corrected chi connectivity index (χ1v) is 6.10. The highest BCUT2D eigenvalue weighted by atomic mass is 79.9. The van der Waals surface area contributed by atoms with Crippen molar-refractivity contribution in [1.82, 2.24) is 4.98 Å². The smallest absolute Gasteiger partial charge is 0.0415 e. The Morgan fingerprint density at radius 1 is 1.43 bits per heavy atom. The Hall–Kier alpha value is -0.370. The minimum atomic E-state index is 0.544. The molecule has 2 atom stereocenters. The van der Waals surface area contributed by atoms with Crippen molar-refractivity contribution < 1.29 is 0 Å². The number of pyridine rings is 1. The minimum absolute atomic E-state index is 0.544. The van der Waals surface area contributed by atoms with E-state index in [9.17, 15) is 0 Å². The van der Waals surface area contributed by atoms with Gasteiger partial charge in [-0.1, -0.05) is 42.3 Å². The molecule has 78 valence electrons. The Morgan fingerprint density at radius 2 is 2.14 bits per heavy atom. The van der Waals surface area contributed by atoms with Crippen molar-refractivity contribution in [3.63, 3.8) is 0 Å². The second-order valence-corrected chi connectivity index (χ2v) is 5.11. The summed E-state index contributed by atoms with van der Waals surface area (Å²) in [4.78, 5) is 4.95. The topological polar surface area (TPSA) is 12.9 Å². The lowest BCUT2D eigenvalue weighted by Crippen LogP contribution is -2.13. The second kappa shape index (κ2) is 5.50. The van der Waals surface area contributed by atoms with E-state index < -0.39 is 0 Å². The van der Waals surface area contributed by atoms with Gasteiger partial charge in [-0.15, -0.1) is 0 Å². The molecule has 0 bridgehead atoms. The number of halogens is 1. The highest BCUT2D eigenvalue weighted by molar-refractivity contribution is 9.09. The zero-order chi connectivity index (χ0) is 10.6. The first-order chi connectivity index (χ1) is 6.63. The molecule has 14 heavy (non-hydrogen) atoms. The van der Waals surface area contributed by atoms with Crippen LogP contribution in [0.2, 0.25) is 0 Å². The molecular weight excluding hydrogens is 238 g/mol. The molecule has 1 rings (SSSR count). The van der Waals surface area contributed by atoms with Gasteiger partial charge in [-0.25, -0.2) is 0 Å². The standard InChI is InChI=1S/C12H18BrN/c1-4-10(3)12(13)7-11-6-5-9(2)8-14-11/h5-6,8,10,12H,4,7H2,1-3H3. The molecule has 0 radical (unpaired) electrons. The van der Waals surface area contributed by atoms with Gasteiger partial charge in [-0.3, -0.25) is 4.98 Å². The van der Waals surface area contributed by atoms with Gasteiger partial charge in [0, 0.05) is 23.1 Å². The Kier molecular flexibility index (Phi) is 4.59. The van der Waals surface area contributed by atoms with Crippen LogP contribution in [0.25, 0.3) is 0 Å². The fourth-order valence-electron chi connectivity index (χ4n) is 1.28. The number of alkyl halides is 1. The summed E-state index contributed by atoms with van der Waals surface area (Å²) in [6, 6.07) is 4.24. The second-order valence-electron chi connectivity index (χ2n) is 3.93. The van der Waals surface area contributed by atoms with E-state index in [1.54, 1.807) is 0 Å². The molecule has 0 saturated heterocycles. The largest absolute Gasteiger partial charge is 0.261 e. The van der Waals surface area contributed by atoms with Crippen LogP contribution in [-0.2, 0) is 6.42 Å². The van der Waals surface area contributed by atoms with E-state index in [0.717, 1.165) is 6.42 Å². The van der Waals surface area contributed by atoms with Gasteiger partial charge in [0.05, 0.1) is 0 Å². The SMILES string of the molecule is CCC(C)C(Br)Cc1ccc(C)cn1. The molecule has 0 saturated carbocycles. The molecule has 2 unspecified atom stereocenters. The number of aromatic nitrogens is 1. The van der Waals surface area contributed by atoms with E-state index in [1.807, 2.05) is 6.20 Å². The molecule has 1 aromatic heterocycles. The van der Waals surface area contributed by atoms with Gasteiger partial charge in [0.25, 0.3) is 0 Å². The lowest BCUT2D eigenvalue weighted by Gasteiger charge is -2.15. The third-order valence-corrected chi connectivity index (χ3v) is 3.86. The van der Waals surface area contributed by atoms with Crippen LogP contribution in [0.15, 0.2) is 18.3 Å². The summed E-state index contributed by atoms with van der Waals surface area (Å²) in [7, 11) is 0. The van der Waals surface area contributed by atoms with Crippen LogP contribution in [0, 0.1) is 12.8 Å². The fraction of sp³-hybridized carbons (Fsp3) is 0.583. The summed E-state index contributed by atoms with van der Waals surface area (Å²) in [6.07, 6.45) is 4.17. The maximum absolute atomic E-state index is 4.40. The molecule has 1 aromatic rings. The number of aryl methyl sites for hydroxylation is 1. The van der Waals surface area contributed by atoms with Crippen molar-refractivity contribution in [2.45, 2.75) is 38.4 Å². The summed E-state index contributed by atoms with van der Waals surface area (Å²) in [5.74, 6) is 0.707. The summed E-state index contributed by atoms with van der Waals surface area (Å²) in [6.45, 7) is 6.56. The van der Waals surface area contributed by atoms with E-state index in [1.165, 1.54) is 17.7 Å². The van der Waals surface area contributed by atoms with Crippen molar-refractivity contribution in [1.29, 1.82) is 0 Å². The third kappa shape index (κ3) is 3.41. The normalized spacial score (nSPS) is 15.1. The van der Waals surface area contributed by atoms with Gasteiger partial charge in [-0.05, 0) is 24.5 Å². The lowest BCUT2D eigenvalue weighted by molar-refractivity contribution is 0.535. The number of hydrogen-bond acceptors (Lipinski definition) is 1. The Balaban J connectivity index is 2.56. The molecule has 0 aliphatic heterocycles. The average molecular weight is 256 g/mol. The quantitative estimate of drug-likeness (QED) is 0.748. The van der Waals surface area contributed by atoms with Gasteiger partial charge in [0.2, 0.25) is 0 Å². The maximum atomic E-state index is 4.40. The molecule has 0 N–H and O–H groups in total. The molecule has 1 heterocycles. The number of nitrogens with zero attached hydrogens (tertiary/aromatic N) is 1. The van der Waals surface area contributed by atoms with E-state index >= 15 is 0 Å². The van der Waals surface area contributed by atoms with E-state index in [0.29, 0.717) is 10.7 Å². The predicted molar refractivity (Wildman–Crippen MR) is 64.8 cm³/mol. The summed E-state index contributed by atoms with van der Waals surface area (Å²) in [5, 5.41) is 0. The minimum Gasteiger partial charge on any atom is -0.261 e. The zero-order valence-corrected chi connectivity index (χ0v) is 10.7. The molecule has 0 fully saturated rings. The van der Waals surface area contributed by atoms with Crippen molar-refractivity contribution in [2.24, 2.45) is 5.92 Å². The van der Waals surface area contributed by atoms with Crippen LogP contribution >= 0.6 is 15.9 Å². The van der Waals surface area contributed by atoms with Crippen molar-refractivity contribution in [2.75, 3.05) is 0 Å². The molecule has 0 amide bonds. The highest BCUT2D eigenvalue weighted by Gasteiger charge is 2.12. The maximum Gasteiger partial charge on any atom is 0.0415 e. The summed E-state index contributed by atoms with van der Waals surface area (Å²) < 4.78 is 0. The fourth-order valence-corrected chi connectivity index (χ4v) is 1.98. The number of hydrogen-bond donors (Lipinski definition) is 0. The van der Waals surface area contributed by atoms with Crippen LogP contribution in [0.3, 0.4) is 0 Å². The lowest BCUT2D eigenvalue weighted by atomic mass is 10.0. The zero-order valence-electron chi connectivity index (χ0n) is 9.13. The van der Waals surface area contributed by atoms with Gasteiger partial charge < -0.3 is 0 Å². The van der Waals surface area contributed by atoms with Crippen molar-refractivity contribution in [3.05, 3.63) is 29.6 Å². The Labute approximate surface area is 95.1 Å². The highest BCUT2D eigenvalue weighted by Crippen LogP contribution is 2.19. The van der Waals surface area contributed by atoms with Crippen LogP contribution in [0.5, 0.6) is 0 Å². The van der Waals surface area contributed by atoms with Gasteiger partial charge in [0.15, 0.2) is 0 Å². The molecule has 2 heteroatoms. The van der Waals surface area contributed by atoms with E-state index in [4.69, 9.17) is 0 Å². The van der Waals surface area contributed by atoms with E-state index in [2.05, 4.69) is 53.8 Å². The van der Waals surface area contributed by atoms with Crippen LogP contribution < -0.4 is 0 Å².